The number of benzene rings is 3. The number of hydrogen-bond acceptors (Lipinski definition) is 2. The van der Waals surface area contributed by atoms with Gasteiger partial charge >= 0.3 is 0 Å². The van der Waals surface area contributed by atoms with E-state index < -0.39 is 0 Å². The van der Waals surface area contributed by atoms with Crippen LogP contribution in [0.4, 0.5) is 5.69 Å². The second kappa shape index (κ2) is 8.74. The van der Waals surface area contributed by atoms with E-state index in [1.54, 1.807) is 4.90 Å². The molecule has 29 heavy (non-hydrogen) atoms. The lowest BCUT2D eigenvalue weighted by Gasteiger charge is -2.17. The van der Waals surface area contributed by atoms with Crippen molar-refractivity contribution in [3.05, 3.63) is 102 Å². The zero-order valence-electron chi connectivity index (χ0n) is 16.3. The van der Waals surface area contributed by atoms with Gasteiger partial charge in [0.15, 0.2) is 0 Å². The molecule has 0 aliphatic carbocycles. The predicted molar refractivity (Wildman–Crippen MR) is 114 cm³/mol. The third kappa shape index (κ3) is 4.72. The van der Waals surface area contributed by atoms with Gasteiger partial charge in [0, 0.05) is 25.2 Å². The minimum Gasteiger partial charge on any atom is -0.338 e. The van der Waals surface area contributed by atoms with Crippen LogP contribution >= 0.6 is 0 Å². The lowest BCUT2D eigenvalue weighted by atomic mass is 10.0. The fourth-order valence-electron chi connectivity index (χ4n) is 3.75. The topological polar surface area (TPSA) is 49.4 Å². The Labute approximate surface area is 171 Å². The van der Waals surface area contributed by atoms with Crippen molar-refractivity contribution in [2.75, 3.05) is 11.9 Å². The van der Waals surface area contributed by atoms with Crippen LogP contribution in [0.2, 0.25) is 0 Å². The molecule has 1 atom stereocenters. The van der Waals surface area contributed by atoms with Crippen LogP contribution in [-0.2, 0) is 22.6 Å². The molecule has 1 saturated heterocycles. The van der Waals surface area contributed by atoms with E-state index in [-0.39, 0.29) is 24.2 Å². The molecule has 3 aromatic carbocycles. The van der Waals surface area contributed by atoms with E-state index in [2.05, 4.69) is 17.4 Å². The van der Waals surface area contributed by atoms with Gasteiger partial charge in [-0.1, -0.05) is 78.9 Å². The van der Waals surface area contributed by atoms with Crippen molar-refractivity contribution in [3.8, 4) is 0 Å². The molecule has 146 valence electrons. The summed E-state index contributed by atoms with van der Waals surface area (Å²) in [6, 6.07) is 27.9. The molecule has 1 fully saturated rings. The van der Waals surface area contributed by atoms with Crippen molar-refractivity contribution in [2.45, 2.75) is 19.4 Å². The van der Waals surface area contributed by atoms with Gasteiger partial charge in [0.1, 0.15) is 0 Å². The molecule has 2 amide bonds. The predicted octanol–water partition coefficient (Wildman–Crippen LogP) is 4.26. The Balaban J connectivity index is 1.42. The normalized spacial score (nSPS) is 16.1. The summed E-state index contributed by atoms with van der Waals surface area (Å²) in [5.74, 6) is -0.378. The van der Waals surface area contributed by atoms with Crippen molar-refractivity contribution in [1.82, 2.24) is 4.90 Å². The summed E-state index contributed by atoms with van der Waals surface area (Å²) in [7, 11) is 0. The zero-order chi connectivity index (χ0) is 20.1. The van der Waals surface area contributed by atoms with Crippen molar-refractivity contribution in [2.24, 2.45) is 5.92 Å². The van der Waals surface area contributed by atoms with E-state index >= 15 is 0 Å². The fourth-order valence-corrected chi connectivity index (χ4v) is 3.75. The largest absolute Gasteiger partial charge is 0.338 e. The lowest BCUT2D eigenvalue weighted by Crippen LogP contribution is -2.28. The molecule has 0 aromatic heterocycles. The summed E-state index contributed by atoms with van der Waals surface area (Å²) in [4.78, 5) is 27.0. The monoisotopic (exact) mass is 384 g/mol. The molecule has 1 N–H and O–H groups in total. The summed E-state index contributed by atoms with van der Waals surface area (Å²) in [5, 5.41) is 3.06. The summed E-state index contributed by atoms with van der Waals surface area (Å²) in [6.45, 7) is 1.01. The number of para-hydroxylation sites is 1. The first kappa shape index (κ1) is 18.9. The lowest BCUT2D eigenvalue weighted by molar-refractivity contribution is -0.128. The van der Waals surface area contributed by atoms with Gasteiger partial charge < -0.3 is 10.2 Å². The van der Waals surface area contributed by atoms with Gasteiger partial charge in [0.05, 0.1) is 5.92 Å². The van der Waals surface area contributed by atoms with Crippen LogP contribution in [-0.4, -0.2) is 23.3 Å². The van der Waals surface area contributed by atoms with E-state index in [1.165, 1.54) is 5.56 Å². The maximum atomic E-state index is 12.9. The second-order valence-electron chi connectivity index (χ2n) is 7.47. The summed E-state index contributed by atoms with van der Waals surface area (Å²) < 4.78 is 0. The summed E-state index contributed by atoms with van der Waals surface area (Å²) >= 11 is 0. The molecule has 0 saturated carbocycles. The molecule has 3 aromatic rings. The first-order valence-electron chi connectivity index (χ1n) is 9.93. The molecule has 0 spiro atoms. The van der Waals surface area contributed by atoms with Crippen molar-refractivity contribution >= 4 is 17.5 Å². The molecular formula is C25H24N2O2. The SMILES string of the molecule is O=C(Nc1ccccc1Cc1ccccc1)[C@@H]1CC(=O)N(Cc2ccccc2)C1. The first-order chi connectivity index (χ1) is 14.2. The maximum Gasteiger partial charge on any atom is 0.229 e. The van der Waals surface area contributed by atoms with Gasteiger partial charge in [-0.25, -0.2) is 0 Å². The first-order valence-corrected chi connectivity index (χ1v) is 9.93. The van der Waals surface area contributed by atoms with Crippen LogP contribution < -0.4 is 5.32 Å². The molecule has 1 aliphatic rings. The van der Waals surface area contributed by atoms with Crippen LogP contribution in [0.3, 0.4) is 0 Å². The van der Waals surface area contributed by atoms with Crippen molar-refractivity contribution in [1.29, 1.82) is 0 Å². The van der Waals surface area contributed by atoms with Crippen LogP contribution in [0.25, 0.3) is 0 Å². The highest BCUT2D eigenvalue weighted by atomic mass is 16.2. The van der Waals surface area contributed by atoms with Crippen LogP contribution in [0.5, 0.6) is 0 Å². The third-order valence-electron chi connectivity index (χ3n) is 5.31. The minimum absolute atomic E-state index is 0.0339. The smallest absolute Gasteiger partial charge is 0.229 e. The molecule has 1 heterocycles. The highest BCUT2D eigenvalue weighted by molar-refractivity contribution is 5.97. The van der Waals surface area contributed by atoms with Crippen LogP contribution in [0, 0.1) is 5.92 Å². The Morgan fingerprint density at radius 1 is 0.862 bits per heavy atom. The maximum absolute atomic E-state index is 12.9. The van der Waals surface area contributed by atoms with Gasteiger partial charge in [-0.05, 0) is 29.2 Å². The molecular weight excluding hydrogens is 360 g/mol. The Morgan fingerprint density at radius 2 is 1.48 bits per heavy atom. The van der Waals surface area contributed by atoms with Crippen LogP contribution in [0.15, 0.2) is 84.9 Å². The quantitative estimate of drug-likeness (QED) is 0.690. The van der Waals surface area contributed by atoms with Crippen molar-refractivity contribution in [3.63, 3.8) is 0 Å². The van der Waals surface area contributed by atoms with Gasteiger partial charge in [0.2, 0.25) is 11.8 Å². The number of carbonyl (C=O) groups is 2. The molecule has 1 aliphatic heterocycles. The van der Waals surface area contributed by atoms with Gasteiger partial charge in [-0.3, -0.25) is 9.59 Å². The number of nitrogens with one attached hydrogen (secondary N) is 1. The summed E-state index contributed by atoms with van der Waals surface area (Å²) in [6.07, 6.45) is 1.01. The van der Waals surface area contributed by atoms with Gasteiger partial charge in [-0.2, -0.15) is 0 Å². The van der Waals surface area contributed by atoms with E-state index in [9.17, 15) is 9.59 Å². The van der Waals surface area contributed by atoms with Crippen LogP contribution in [0.1, 0.15) is 23.1 Å². The Morgan fingerprint density at radius 3 is 2.21 bits per heavy atom. The minimum atomic E-state index is -0.323. The van der Waals surface area contributed by atoms with E-state index in [0.717, 1.165) is 23.2 Å². The van der Waals surface area contributed by atoms with E-state index in [4.69, 9.17) is 0 Å². The average Bonchev–Trinajstić information content (AvgIpc) is 3.11. The molecule has 4 heteroatoms. The fraction of sp³-hybridized carbons (Fsp3) is 0.200. The van der Waals surface area contributed by atoms with E-state index in [1.807, 2.05) is 72.8 Å². The molecule has 4 nitrogen and oxygen atoms in total. The number of amides is 2. The zero-order valence-corrected chi connectivity index (χ0v) is 16.3. The Kier molecular flexibility index (Phi) is 5.71. The van der Waals surface area contributed by atoms with E-state index in [0.29, 0.717) is 13.1 Å². The number of anilines is 1. The third-order valence-corrected chi connectivity index (χ3v) is 5.31. The Bertz CT molecular complexity index is 986. The number of rotatable bonds is 6. The molecule has 4 rings (SSSR count). The second-order valence-corrected chi connectivity index (χ2v) is 7.47. The average molecular weight is 384 g/mol. The number of carbonyl (C=O) groups excluding carboxylic acids is 2. The highest BCUT2D eigenvalue weighted by Crippen LogP contribution is 2.24. The molecule has 0 radical (unpaired) electrons. The number of nitrogens with zero attached hydrogens (tertiary/aromatic N) is 1. The molecule has 0 bridgehead atoms. The van der Waals surface area contributed by atoms with Crippen molar-refractivity contribution < 1.29 is 9.59 Å². The number of hydrogen-bond donors (Lipinski definition) is 1. The van der Waals surface area contributed by atoms with Gasteiger partial charge in [-0.15, -0.1) is 0 Å². The summed E-state index contributed by atoms with van der Waals surface area (Å²) in [5.41, 5.74) is 4.15. The molecule has 0 unspecified atom stereocenters. The Hall–Kier alpha value is -3.40. The number of likely N-dealkylation sites (tertiary alicyclic amines) is 1. The van der Waals surface area contributed by atoms with Gasteiger partial charge in [0.25, 0.3) is 0 Å². The highest BCUT2D eigenvalue weighted by Gasteiger charge is 2.34. The standard InChI is InChI=1S/C25H24N2O2/c28-24-16-22(18-27(24)17-20-11-5-2-6-12-20)25(29)26-23-14-8-7-13-21(23)15-19-9-3-1-4-10-19/h1-14,22H,15-18H2,(H,26,29)/t22-/m1/s1.